The van der Waals surface area contributed by atoms with Crippen LogP contribution < -0.4 is 16.0 Å². The standard InChI is InChI=1S/C26H29N7O2.C6H13N/c1-26(2)13-27-8-7-20(26)33(3)24-21-17(14-4-5-14)11-28-12-19(21)31-23(32-24)15-6-9-29-22-16(15)10-18(30-22)25(34)35;7-6-4-2-1-3-5-6/h6,9-12,14,20,27H,4-5,7-8,13H2,1-3H3,(H,29,30)(H,34,35);6H,1-5,7H2. The number of fused-ring (bicyclic) bond motifs is 2. The number of carboxylic acids is 1. The summed E-state index contributed by atoms with van der Waals surface area (Å²) >= 11 is 0. The van der Waals surface area contributed by atoms with Crippen LogP contribution in [0.15, 0.2) is 30.7 Å². The maximum Gasteiger partial charge on any atom is 0.352 e. The topological polar surface area (TPSA) is 146 Å². The quantitative estimate of drug-likeness (QED) is 0.253. The van der Waals surface area contributed by atoms with Gasteiger partial charge in [0.25, 0.3) is 0 Å². The zero-order valence-electron chi connectivity index (χ0n) is 24.9. The van der Waals surface area contributed by atoms with Crippen LogP contribution in [0.2, 0.25) is 0 Å². The van der Waals surface area contributed by atoms with Gasteiger partial charge in [-0.1, -0.05) is 33.1 Å². The number of hydrogen-bond acceptors (Lipinski definition) is 8. The van der Waals surface area contributed by atoms with Gasteiger partial charge in [0.15, 0.2) is 5.82 Å². The third-order valence-electron chi connectivity index (χ3n) is 9.17. The smallest absolute Gasteiger partial charge is 0.352 e. The SMILES string of the molecule is CN(c1nc(-c2ccnc3[nH]c(C(=O)O)cc23)nc2cncc(C3CC3)c12)C1CCNCC1(C)C.NC1CCCCC1. The van der Waals surface area contributed by atoms with E-state index in [1.807, 2.05) is 18.5 Å². The van der Waals surface area contributed by atoms with E-state index in [0.717, 1.165) is 54.6 Å². The number of carbonyl (C=O) groups is 1. The van der Waals surface area contributed by atoms with E-state index in [-0.39, 0.29) is 11.1 Å². The second kappa shape index (κ2) is 11.6. The molecule has 2 aliphatic carbocycles. The number of hydrogen-bond donors (Lipinski definition) is 4. The highest BCUT2D eigenvalue weighted by Gasteiger charge is 2.37. The van der Waals surface area contributed by atoms with Gasteiger partial charge < -0.3 is 26.0 Å². The lowest BCUT2D eigenvalue weighted by molar-refractivity contribution is 0.0691. The molecule has 1 atom stereocenters. The van der Waals surface area contributed by atoms with Crippen molar-refractivity contribution in [3.05, 3.63) is 42.0 Å². The molecule has 7 rings (SSSR count). The Hall–Kier alpha value is -3.63. The molecule has 0 amide bonds. The van der Waals surface area contributed by atoms with Crippen molar-refractivity contribution in [2.24, 2.45) is 11.1 Å². The third-order valence-corrected chi connectivity index (χ3v) is 9.17. The number of rotatable bonds is 5. The molecular formula is C32H42N8O2. The highest BCUT2D eigenvalue weighted by atomic mass is 16.4. The van der Waals surface area contributed by atoms with Gasteiger partial charge in [0.1, 0.15) is 17.2 Å². The number of aromatic carboxylic acids is 1. The van der Waals surface area contributed by atoms with E-state index in [4.69, 9.17) is 15.7 Å². The Labute approximate surface area is 246 Å². The van der Waals surface area contributed by atoms with Crippen LogP contribution in [-0.4, -0.2) is 68.2 Å². The lowest BCUT2D eigenvalue weighted by Gasteiger charge is -2.45. The second-order valence-corrected chi connectivity index (χ2v) is 12.9. The molecule has 0 spiro atoms. The van der Waals surface area contributed by atoms with Gasteiger partial charge in [0, 0.05) is 54.4 Å². The van der Waals surface area contributed by atoms with Crippen molar-refractivity contribution in [3.8, 4) is 11.4 Å². The molecule has 10 nitrogen and oxygen atoms in total. The van der Waals surface area contributed by atoms with Crippen molar-refractivity contribution < 1.29 is 9.90 Å². The molecule has 3 fully saturated rings. The Bertz CT molecular complexity index is 1590. The van der Waals surface area contributed by atoms with Gasteiger partial charge in [-0.3, -0.25) is 4.98 Å². The molecule has 4 aromatic heterocycles. The van der Waals surface area contributed by atoms with Crippen molar-refractivity contribution in [2.45, 2.75) is 83.2 Å². The van der Waals surface area contributed by atoms with Gasteiger partial charge in [-0.2, -0.15) is 0 Å². The average Bonchev–Trinajstić information content (AvgIpc) is 3.73. The summed E-state index contributed by atoms with van der Waals surface area (Å²) in [5.41, 5.74) is 9.07. The Morgan fingerprint density at radius 1 is 1.10 bits per heavy atom. The molecular weight excluding hydrogens is 528 g/mol. The number of pyridine rings is 2. The highest BCUT2D eigenvalue weighted by molar-refractivity contribution is 6.00. The maximum absolute atomic E-state index is 11.6. The summed E-state index contributed by atoms with van der Waals surface area (Å²) in [5.74, 6) is 0.932. The largest absolute Gasteiger partial charge is 0.477 e. The van der Waals surface area contributed by atoms with E-state index in [2.05, 4.69) is 46.1 Å². The summed E-state index contributed by atoms with van der Waals surface area (Å²) in [7, 11) is 2.14. The van der Waals surface area contributed by atoms with Crippen LogP contribution in [0.25, 0.3) is 33.3 Å². The molecule has 10 heteroatoms. The molecule has 0 aromatic carbocycles. The van der Waals surface area contributed by atoms with Crippen LogP contribution in [0.4, 0.5) is 5.82 Å². The summed E-state index contributed by atoms with van der Waals surface area (Å²) in [5, 5.41) is 14.8. The van der Waals surface area contributed by atoms with Crippen molar-refractivity contribution in [1.82, 2.24) is 30.2 Å². The number of carboxylic acid groups (broad SMARTS) is 1. The fourth-order valence-corrected chi connectivity index (χ4v) is 6.66. The zero-order valence-corrected chi connectivity index (χ0v) is 24.9. The molecule has 5 N–H and O–H groups in total. The van der Waals surface area contributed by atoms with Gasteiger partial charge in [0.2, 0.25) is 0 Å². The van der Waals surface area contributed by atoms with Gasteiger partial charge in [-0.25, -0.2) is 19.7 Å². The van der Waals surface area contributed by atoms with E-state index in [0.29, 0.717) is 34.9 Å². The van der Waals surface area contributed by atoms with Crippen LogP contribution in [0.5, 0.6) is 0 Å². The van der Waals surface area contributed by atoms with Gasteiger partial charge >= 0.3 is 5.97 Å². The number of nitrogens with two attached hydrogens (primary N) is 1. The lowest BCUT2D eigenvalue weighted by atomic mass is 9.79. The van der Waals surface area contributed by atoms with Crippen molar-refractivity contribution >= 4 is 33.7 Å². The minimum atomic E-state index is -1.03. The maximum atomic E-state index is 11.6. The van der Waals surface area contributed by atoms with Crippen LogP contribution in [0.1, 0.15) is 87.2 Å². The molecule has 1 saturated heterocycles. The molecule has 2 saturated carbocycles. The minimum Gasteiger partial charge on any atom is -0.477 e. The average molecular weight is 571 g/mol. The third kappa shape index (κ3) is 5.70. The van der Waals surface area contributed by atoms with E-state index < -0.39 is 5.97 Å². The summed E-state index contributed by atoms with van der Waals surface area (Å²) in [6.07, 6.45) is 15.5. The zero-order chi connectivity index (χ0) is 29.4. The Kier molecular flexibility index (Phi) is 7.85. The first-order chi connectivity index (χ1) is 20.2. The lowest BCUT2D eigenvalue weighted by Crippen LogP contribution is -2.53. The molecule has 222 valence electrons. The fourth-order valence-electron chi connectivity index (χ4n) is 6.66. The van der Waals surface area contributed by atoms with Crippen LogP contribution in [0.3, 0.4) is 0 Å². The first-order valence-electron chi connectivity index (χ1n) is 15.3. The molecule has 5 heterocycles. The number of nitrogens with one attached hydrogen (secondary N) is 2. The Balaban J connectivity index is 0.000000397. The number of anilines is 1. The van der Waals surface area contributed by atoms with Gasteiger partial charge in [-0.05, 0) is 67.7 Å². The van der Waals surface area contributed by atoms with E-state index >= 15 is 0 Å². The van der Waals surface area contributed by atoms with Crippen molar-refractivity contribution in [3.63, 3.8) is 0 Å². The molecule has 4 aromatic rings. The van der Waals surface area contributed by atoms with Crippen molar-refractivity contribution in [1.29, 1.82) is 0 Å². The highest BCUT2D eigenvalue weighted by Crippen LogP contribution is 2.46. The Morgan fingerprint density at radius 3 is 2.55 bits per heavy atom. The second-order valence-electron chi connectivity index (χ2n) is 12.9. The molecule has 1 aliphatic heterocycles. The van der Waals surface area contributed by atoms with Crippen LogP contribution in [-0.2, 0) is 0 Å². The summed E-state index contributed by atoms with van der Waals surface area (Å²) in [4.78, 5) is 35.7. The molecule has 0 bridgehead atoms. The molecule has 42 heavy (non-hydrogen) atoms. The minimum absolute atomic E-state index is 0.0676. The first-order valence-corrected chi connectivity index (χ1v) is 15.3. The van der Waals surface area contributed by atoms with Gasteiger partial charge in [-0.15, -0.1) is 0 Å². The first kappa shape index (κ1) is 28.5. The molecule has 3 aliphatic rings. The van der Waals surface area contributed by atoms with E-state index in [1.54, 1.807) is 12.3 Å². The monoisotopic (exact) mass is 570 g/mol. The number of aromatic nitrogens is 5. The Morgan fingerprint density at radius 2 is 1.88 bits per heavy atom. The van der Waals surface area contributed by atoms with E-state index in [9.17, 15) is 9.90 Å². The van der Waals surface area contributed by atoms with Crippen LogP contribution >= 0.6 is 0 Å². The molecule has 0 radical (unpaired) electrons. The van der Waals surface area contributed by atoms with Crippen molar-refractivity contribution in [2.75, 3.05) is 25.0 Å². The predicted octanol–water partition coefficient (Wildman–Crippen LogP) is 5.25. The number of piperidine rings is 1. The summed E-state index contributed by atoms with van der Waals surface area (Å²) < 4.78 is 0. The summed E-state index contributed by atoms with van der Waals surface area (Å²) in [6.45, 7) is 6.51. The summed E-state index contributed by atoms with van der Waals surface area (Å²) in [6, 6.07) is 4.29. The number of aromatic amines is 1. The normalized spacial score (nSPS) is 20.7. The van der Waals surface area contributed by atoms with Gasteiger partial charge in [0.05, 0.1) is 11.7 Å². The number of nitrogens with zero attached hydrogens (tertiary/aromatic N) is 5. The molecule has 1 unspecified atom stereocenters. The predicted molar refractivity (Wildman–Crippen MR) is 166 cm³/mol. The number of H-pyrrole nitrogens is 1. The fraction of sp³-hybridized carbons (Fsp3) is 0.531. The van der Waals surface area contributed by atoms with E-state index in [1.165, 1.54) is 37.7 Å². The van der Waals surface area contributed by atoms with Crippen LogP contribution in [0, 0.1) is 5.41 Å².